The minimum Gasteiger partial charge on any atom is -0.0622 e. The maximum Gasteiger partial charge on any atom is -0.0214 e. The average Bonchev–Trinajstić information content (AvgIpc) is 3.56. The maximum absolute atomic E-state index is 2.28. The second-order valence-corrected chi connectivity index (χ2v) is 26.2. The van der Waals surface area contributed by atoms with E-state index in [4.69, 9.17) is 0 Å². The van der Waals surface area contributed by atoms with Gasteiger partial charge in [-0.1, -0.05) is 308 Å². The van der Waals surface area contributed by atoms with E-state index in [9.17, 15) is 0 Å². The molecule has 0 saturated heterocycles. The highest BCUT2D eigenvalue weighted by Gasteiger charge is 2.07. The zero-order valence-corrected chi connectivity index (χ0v) is 58.8. The Balaban J connectivity index is 0.000000480. The third-order valence-corrected chi connectivity index (χ3v) is 15.4. The molecule has 0 radical (unpaired) electrons. The molecule has 0 fully saturated rings. The molecule has 456 valence electrons. The first-order valence-corrected chi connectivity index (χ1v) is 31.8. The molecule has 0 amide bonds. The van der Waals surface area contributed by atoms with Crippen molar-refractivity contribution in [2.45, 2.75) is 241 Å². The van der Waals surface area contributed by atoms with Crippen LogP contribution in [0.3, 0.4) is 0 Å². The lowest BCUT2D eigenvalue weighted by Gasteiger charge is -2.12. The lowest BCUT2D eigenvalue weighted by atomic mass is 9.94. The Bertz CT molecular complexity index is 3030. The number of aryl methyl sites for hydroxylation is 11. The summed E-state index contributed by atoms with van der Waals surface area (Å²) in [4.78, 5) is 0. The summed E-state index contributed by atoms with van der Waals surface area (Å²) >= 11 is 0. The van der Waals surface area contributed by atoms with E-state index in [1.807, 2.05) is 6.07 Å². The van der Waals surface area contributed by atoms with Gasteiger partial charge in [-0.05, 0) is 214 Å². The van der Waals surface area contributed by atoms with Crippen molar-refractivity contribution < 1.29 is 0 Å². The van der Waals surface area contributed by atoms with Gasteiger partial charge in [0.1, 0.15) is 0 Å². The van der Waals surface area contributed by atoms with E-state index >= 15 is 0 Å². The fourth-order valence-electron chi connectivity index (χ4n) is 10.4. The molecule has 0 aliphatic carbocycles. The molecule has 0 nitrogen and oxygen atoms in total. The van der Waals surface area contributed by atoms with Gasteiger partial charge in [0.05, 0.1) is 0 Å². The molecule has 0 bridgehead atoms. The Labute approximate surface area is 519 Å². The Hall–Kier alpha value is -6.24. The molecule has 8 aromatic rings. The fraction of sp³-hybridized carbons (Fsp3) is 0.429. The second kappa shape index (κ2) is 39.4. The van der Waals surface area contributed by atoms with Crippen LogP contribution in [0.2, 0.25) is 0 Å². The van der Waals surface area contributed by atoms with Crippen LogP contribution in [0.5, 0.6) is 0 Å². The summed E-state index contributed by atoms with van der Waals surface area (Å²) in [6.45, 7) is 61.6. The molecule has 0 saturated carbocycles. The predicted molar refractivity (Wildman–Crippen MR) is 381 cm³/mol. The SMILES string of the molecule is CC(C)c1ccccc1.Cc1cc(C)cc(C(C)C)c1.Cc1ccc(C(C)C)c(C)c1.Cc1ccc(C)c(C(C)C)c1.Cc1cccc(C(C)C)c1.Cc1cccc(C(C)C)c1C.Cc1cccc(C)c1C(C)C.Cc1ccccc1C(C)C. The molecule has 0 aliphatic rings. The van der Waals surface area contributed by atoms with Gasteiger partial charge in [-0.3, -0.25) is 0 Å². The van der Waals surface area contributed by atoms with E-state index in [2.05, 4.69) is 358 Å². The summed E-state index contributed by atoms with van der Waals surface area (Å²) < 4.78 is 0. The number of rotatable bonds is 8. The van der Waals surface area contributed by atoms with Gasteiger partial charge in [-0.15, -0.1) is 0 Å². The Morgan fingerprint density at radius 3 is 0.952 bits per heavy atom. The summed E-state index contributed by atoms with van der Waals surface area (Å²) in [5.74, 6) is 5.21. The minimum atomic E-state index is 0.647. The molecule has 0 N–H and O–H groups in total. The van der Waals surface area contributed by atoms with Crippen LogP contribution in [0.15, 0.2) is 170 Å². The number of hydrogen-bond donors (Lipinski definition) is 0. The first kappa shape index (κ1) is 75.8. The Morgan fingerprint density at radius 2 is 0.560 bits per heavy atom. The molecule has 0 spiro atoms. The van der Waals surface area contributed by atoms with Crippen LogP contribution in [0.4, 0.5) is 0 Å². The summed E-state index contributed by atoms with van der Waals surface area (Å²) in [6.07, 6.45) is 0. The normalized spacial score (nSPS) is 10.5. The largest absolute Gasteiger partial charge is 0.0622 e. The lowest BCUT2D eigenvalue weighted by Crippen LogP contribution is -1.94. The smallest absolute Gasteiger partial charge is 0.0214 e. The van der Waals surface area contributed by atoms with Gasteiger partial charge in [0.25, 0.3) is 0 Å². The second-order valence-electron chi connectivity index (χ2n) is 26.2. The highest BCUT2D eigenvalue weighted by molar-refractivity contribution is 5.38. The highest BCUT2D eigenvalue weighted by atomic mass is 14.1. The quantitative estimate of drug-likeness (QED) is 0.142. The number of benzene rings is 8. The molecule has 0 atom stereocenters. The van der Waals surface area contributed by atoms with Gasteiger partial charge in [0.2, 0.25) is 0 Å². The van der Waals surface area contributed by atoms with Crippen molar-refractivity contribution >= 4 is 0 Å². The van der Waals surface area contributed by atoms with Gasteiger partial charge < -0.3 is 0 Å². The van der Waals surface area contributed by atoms with E-state index < -0.39 is 0 Å². The van der Waals surface area contributed by atoms with Crippen LogP contribution < -0.4 is 0 Å². The maximum atomic E-state index is 2.28. The average molecular weight is 1130 g/mol. The summed E-state index contributed by atoms with van der Waals surface area (Å²) in [5, 5.41) is 0. The van der Waals surface area contributed by atoms with Crippen LogP contribution in [0, 0.1) is 83.1 Å². The van der Waals surface area contributed by atoms with E-state index in [1.54, 1.807) is 0 Å². The molecular weight excluding hydrogens is 1010 g/mol. The van der Waals surface area contributed by atoms with Gasteiger partial charge in [0, 0.05) is 0 Å². The predicted octanol–water partition coefficient (Wildman–Crippen LogP) is 26.2. The van der Waals surface area contributed by atoms with Crippen molar-refractivity contribution in [2.75, 3.05) is 0 Å². The monoisotopic (exact) mass is 1130 g/mol. The molecule has 84 heavy (non-hydrogen) atoms. The topological polar surface area (TPSA) is 0 Å². The van der Waals surface area contributed by atoms with Crippen molar-refractivity contribution in [1.29, 1.82) is 0 Å². The molecular formula is C84H120. The zero-order chi connectivity index (χ0) is 64.0. The highest BCUT2D eigenvalue weighted by Crippen LogP contribution is 2.25. The molecule has 8 rings (SSSR count). The van der Waals surface area contributed by atoms with Gasteiger partial charge in [0.15, 0.2) is 0 Å². The summed E-state index contributed by atoms with van der Waals surface area (Å²) in [5.41, 5.74) is 28.4. The van der Waals surface area contributed by atoms with Gasteiger partial charge in [-0.2, -0.15) is 0 Å². The van der Waals surface area contributed by atoms with Crippen molar-refractivity contribution in [1.82, 2.24) is 0 Å². The molecule has 0 heterocycles. The Morgan fingerprint density at radius 1 is 0.190 bits per heavy atom. The first-order chi connectivity index (χ1) is 39.3. The van der Waals surface area contributed by atoms with E-state index in [1.165, 1.54) is 111 Å². The summed E-state index contributed by atoms with van der Waals surface area (Å²) in [6, 6.07) is 60.8. The van der Waals surface area contributed by atoms with Crippen LogP contribution in [-0.2, 0) is 0 Å². The molecule has 0 aromatic heterocycles. The van der Waals surface area contributed by atoms with Crippen molar-refractivity contribution in [2.24, 2.45) is 0 Å². The molecule has 8 aromatic carbocycles. The molecule has 0 unspecified atom stereocenters. The van der Waals surface area contributed by atoms with E-state index in [-0.39, 0.29) is 0 Å². The van der Waals surface area contributed by atoms with Crippen LogP contribution in [0.1, 0.15) is 269 Å². The lowest BCUT2D eigenvalue weighted by molar-refractivity contribution is 0.846. The molecule has 0 aliphatic heterocycles. The first-order valence-electron chi connectivity index (χ1n) is 31.8. The fourth-order valence-corrected chi connectivity index (χ4v) is 10.4. The third-order valence-electron chi connectivity index (χ3n) is 15.4. The van der Waals surface area contributed by atoms with Crippen molar-refractivity contribution in [3.8, 4) is 0 Å². The molecule has 0 heteroatoms. The van der Waals surface area contributed by atoms with Crippen LogP contribution in [0.25, 0.3) is 0 Å². The van der Waals surface area contributed by atoms with Gasteiger partial charge >= 0.3 is 0 Å². The van der Waals surface area contributed by atoms with Crippen LogP contribution >= 0.6 is 0 Å². The van der Waals surface area contributed by atoms with E-state index in [0.717, 1.165) is 0 Å². The number of hydrogen-bond acceptors (Lipinski definition) is 0. The van der Waals surface area contributed by atoms with Gasteiger partial charge in [-0.25, -0.2) is 0 Å². The summed E-state index contributed by atoms with van der Waals surface area (Å²) in [7, 11) is 0. The Kier molecular flexibility index (Phi) is 35.5. The van der Waals surface area contributed by atoms with Crippen molar-refractivity contribution in [3.05, 3.63) is 281 Å². The zero-order valence-electron chi connectivity index (χ0n) is 58.8. The third kappa shape index (κ3) is 29.0. The van der Waals surface area contributed by atoms with Crippen LogP contribution in [-0.4, -0.2) is 0 Å². The minimum absolute atomic E-state index is 0.647. The standard InChI is InChI=1S/5C11H16.2C10H14.C9H12/c1-8(2)11-6-9(3)5-10(4)7-11;1-8(2)11-6-5-9(3)7-10(11)4;1-8(2)11-7-9(3)5-6-10(11)4;1-8(2)11-7-5-6-9(3)10(11)4;1-8(2)11-9(3)6-5-7-10(11)4;1-8(2)10-6-4-5-9(3)7-10;1-8(2)10-7-5-4-6-9(10)3;1-8(2)9-6-4-3-5-7-9/h5*5-8H,1-4H3;2*4-8H,1-3H3;3-8H,1-2H3. The van der Waals surface area contributed by atoms with E-state index in [0.29, 0.717) is 47.3 Å². The van der Waals surface area contributed by atoms with Crippen molar-refractivity contribution in [3.63, 3.8) is 0 Å².